The topological polar surface area (TPSA) is 76.6 Å². The summed E-state index contributed by atoms with van der Waals surface area (Å²) in [5.41, 5.74) is 0.917. The van der Waals surface area contributed by atoms with Crippen molar-refractivity contribution in [1.29, 1.82) is 0 Å². The summed E-state index contributed by atoms with van der Waals surface area (Å²) in [4.78, 5) is 15.7. The lowest BCUT2D eigenvalue weighted by atomic mass is 10.1. The first-order chi connectivity index (χ1) is 10.0. The summed E-state index contributed by atoms with van der Waals surface area (Å²) in [5.74, 6) is -0.480. The number of esters is 1. The molecule has 21 heavy (non-hydrogen) atoms. The summed E-state index contributed by atoms with van der Waals surface area (Å²) >= 11 is 0. The van der Waals surface area contributed by atoms with Crippen LogP contribution in [0, 0.1) is 0 Å². The number of pyridine rings is 1. The lowest BCUT2D eigenvalue weighted by Gasteiger charge is -2.32. The minimum Gasteiger partial charge on any atom is -0.468 e. The zero-order chi connectivity index (χ0) is 15.3. The molecule has 1 aliphatic heterocycles. The van der Waals surface area contributed by atoms with Gasteiger partial charge in [0.2, 0.25) is 10.0 Å². The van der Waals surface area contributed by atoms with E-state index in [0.29, 0.717) is 19.4 Å². The van der Waals surface area contributed by atoms with Crippen LogP contribution < -0.4 is 0 Å². The van der Waals surface area contributed by atoms with Crippen molar-refractivity contribution in [1.82, 2.24) is 9.29 Å². The molecule has 0 N–H and O–H groups in total. The number of piperidine rings is 1. The van der Waals surface area contributed by atoms with Crippen LogP contribution in [0.15, 0.2) is 24.5 Å². The summed E-state index contributed by atoms with van der Waals surface area (Å²) in [7, 11) is -2.18. The van der Waals surface area contributed by atoms with E-state index in [1.807, 2.05) is 0 Å². The van der Waals surface area contributed by atoms with Crippen LogP contribution in [0.25, 0.3) is 0 Å². The number of nitrogens with zero attached hydrogens (tertiary/aromatic N) is 2. The molecule has 1 aromatic rings. The normalized spacial score (nSPS) is 20.1. The standard InChI is InChI=1S/C14H20N2O4S/c1-20-14(17)13-4-2-3-10-16(13)21(18,19)11-7-12-5-8-15-9-6-12/h5-6,8-9,13H,2-4,7,10-11H2,1H3. The monoisotopic (exact) mass is 312 g/mol. The van der Waals surface area contributed by atoms with Gasteiger partial charge >= 0.3 is 5.97 Å². The van der Waals surface area contributed by atoms with Crippen LogP contribution in [0.3, 0.4) is 0 Å². The molecule has 1 atom stereocenters. The molecule has 0 spiro atoms. The number of carbonyl (C=O) groups is 1. The van der Waals surface area contributed by atoms with Crippen molar-refractivity contribution in [3.63, 3.8) is 0 Å². The van der Waals surface area contributed by atoms with Crippen molar-refractivity contribution in [3.8, 4) is 0 Å². The molecule has 1 unspecified atom stereocenters. The molecule has 7 heteroatoms. The molecule has 1 aromatic heterocycles. The molecule has 2 rings (SSSR count). The van der Waals surface area contributed by atoms with Crippen molar-refractivity contribution < 1.29 is 17.9 Å². The van der Waals surface area contributed by atoms with E-state index in [-0.39, 0.29) is 5.75 Å². The molecule has 0 bridgehead atoms. The van der Waals surface area contributed by atoms with Gasteiger partial charge in [-0.2, -0.15) is 4.31 Å². The molecule has 0 radical (unpaired) electrons. The predicted octanol–water partition coefficient (Wildman–Crippen LogP) is 0.981. The van der Waals surface area contributed by atoms with E-state index < -0.39 is 22.0 Å². The number of sulfonamides is 1. The minimum absolute atomic E-state index is 0.00942. The Morgan fingerprint density at radius 1 is 1.38 bits per heavy atom. The molecule has 0 amide bonds. The predicted molar refractivity (Wildman–Crippen MR) is 78.1 cm³/mol. The first-order valence-corrected chi connectivity index (χ1v) is 8.62. The first-order valence-electron chi connectivity index (χ1n) is 7.01. The van der Waals surface area contributed by atoms with Gasteiger partial charge in [-0.25, -0.2) is 8.42 Å². The Morgan fingerprint density at radius 3 is 2.76 bits per heavy atom. The maximum absolute atomic E-state index is 12.5. The molecular weight excluding hydrogens is 292 g/mol. The van der Waals surface area contributed by atoms with E-state index in [9.17, 15) is 13.2 Å². The molecule has 6 nitrogen and oxygen atoms in total. The quantitative estimate of drug-likeness (QED) is 0.758. The van der Waals surface area contributed by atoms with Crippen molar-refractivity contribution >= 4 is 16.0 Å². The number of aryl methyl sites for hydroxylation is 1. The number of ether oxygens (including phenoxy) is 1. The van der Waals surface area contributed by atoms with E-state index in [1.54, 1.807) is 24.5 Å². The van der Waals surface area contributed by atoms with Crippen molar-refractivity contribution in [3.05, 3.63) is 30.1 Å². The Labute approximate surface area is 125 Å². The first kappa shape index (κ1) is 15.9. The number of methoxy groups -OCH3 is 1. The van der Waals surface area contributed by atoms with Crippen LogP contribution in [0.4, 0.5) is 0 Å². The average Bonchev–Trinajstić information content (AvgIpc) is 2.53. The summed E-state index contributed by atoms with van der Waals surface area (Å²) in [6, 6.07) is 2.92. The minimum atomic E-state index is -3.47. The second-order valence-electron chi connectivity index (χ2n) is 5.07. The third-order valence-corrected chi connectivity index (χ3v) is 5.55. The number of hydrogen-bond donors (Lipinski definition) is 0. The number of rotatable bonds is 5. The zero-order valence-electron chi connectivity index (χ0n) is 12.1. The number of carbonyl (C=O) groups excluding carboxylic acids is 1. The molecule has 1 aliphatic rings. The van der Waals surface area contributed by atoms with Crippen LogP contribution in [-0.2, 0) is 26.0 Å². The molecule has 0 aromatic carbocycles. The van der Waals surface area contributed by atoms with Crippen LogP contribution >= 0.6 is 0 Å². The average molecular weight is 312 g/mol. The van der Waals surface area contributed by atoms with E-state index in [4.69, 9.17) is 4.74 Å². The maximum Gasteiger partial charge on any atom is 0.324 e. The smallest absolute Gasteiger partial charge is 0.324 e. The lowest BCUT2D eigenvalue weighted by Crippen LogP contribution is -2.49. The summed E-state index contributed by atoms with van der Waals surface area (Å²) in [6.07, 6.45) is 5.84. The van der Waals surface area contributed by atoms with Crippen LogP contribution in [-0.4, -0.2) is 49.1 Å². The third-order valence-electron chi connectivity index (χ3n) is 3.68. The second kappa shape index (κ2) is 7.00. The van der Waals surface area contributed by atoms with Gasteiger partial charge in [-0.3, -0.25) is 9.78 Å². The van der Waals surface area contributed by atoms with Crippen LogP contribution in [0.1, 0.15) is 24.8 Å². The van der Waals surface area contributed by atoms with Crippen LogP contribution in [0.2, 0.25) is 0 Å². The van der Waals surface area contributed by atoms with Gasteiger partial charge < -0.3 is 4.74 Å². The summed E-state index contributed by atoms with van der Waals surface area (Å²) in [6.45, 7) is 0.387. The second-order valence-corrected chi connectivity index (χ2v) is 7.11. The molecular formula is C14H20N2O4S. The molecule has 0 saturated carbocycles. The summed E-state index contributed by atoms with van der Waals surface area (Å²) < 4.78 is 31.0. The molecule has 0 aliphatic carbocycles. The molecule has 116 valence electrons. The maximum atomic E-state index is 12.5. The Morgan fingerprint density at radius 2 is 2.10 bits per heavy atom. The van der Waals surface area contributed by atoms with Crippen molar-refractivity contribution in [2.45, 2.75) is 31.7 Å². The van der Waals surface area contributed by atoms with Gasteiger partial charge in [0.05, 0.1) is 12.9 Å². The van der Waals surface area contributed by atoms with Gasteiger partial charge in [-0.05, 0) is 43.4 Å². The van der Waals surface area contributed by atoms with E-state index >= 15 is 0 Å². The number of aromatic nitrogens is 1. The Hall–Kier alpha value is -1.47. The lowest BCUT2D eigenvalue weighted by molar-refractivity contribution is -0.146. The fourth-order valence-corrected chi connectivity index (χ4v) is 4.24. The molecule has 1 fully saturated rings. The highest BCUT2D eigenvalue weighted by atomic mass is 32.2. The Kier molecular flexibility index (Phi) is 5.30. The third kappa shape index (κ3) is 4.01. The van der Waals surface area contributed by atoms with Gasteiger partial charge in [0.15, 0.2) is 0 Å². The summed E-state index contributed by atoms with van der Waals surface area (Å²) in [5, 5.41) is 0. The number of hydrogen-bond acceptors (Lipinski definition) is 5. The fourth-order valence-electron chi connectivity index (χ4n) is 2.52. The Balaban J connectivity index is 2.07. The van der Waals surface area contributed by atoms with Crippen molar-refractivity contribution in [2.75, 3.05) is 19.4 Å². The van der Waals surface area contributed by atoms with E-state index in [1.165, 1.54) is 11.4 Å². The SMILES string of the molecule is COC(=O)C1CCCCN1S(=O)(=O)CCc1ccncc1. The van der Waals surface area contributed by atoms with Gasteiger partial charge in [0.25, 0.3) is 0 Å². The van der Waals surface area contributed by atoms with Gasteiger partial charge in [0.1, 0.15) is 6.04 Å². The van der Waals surface area contributed by atoms with E-state index in [0.717, 1.165) is 18.4 Å². The van der Waals surface area contributed by atoms with Gasteiger partial charge in [0, 0.05) is 18.9 Å². The molecule has 2 heterocycles. The van der Waals surface area contributed by atoms with E-state index in [2.05, 4.69) is 4.98 Å². The largest absolute Gasteiger partial charge is 0.468 e. The van der Waals surface area contributed by atoms with Crippen LogP contribution in [0.5, 0.6) is 0 Å². The van der Waals surface area contributed by atoms with Gasteiger partial charge in [-0.15, -0.1) is 0 Å². The highest BCUT2D eigenvalue weighted by Gasteiger charge is 2.36. The highest BCUT2D eigenvalue weighted by Crippen LogP contribution is 2.22. The Bertz CT molecular complexity index is 574. The van der Waals surface area contributed by atoms with Gasteiger partial charge in [-0.1, -0.05) is 0 Å². The highest BCUT2D eigenvalue weighted by molar-refractivity contribution is 7.89. The fraction of sp³-hybridized carbons (Fsp3) is 0.571. The van der Waals surface area contributed by atoms with Crippen molar-refractivity contribution in [2.24, 2.45) is 0 Å². The zero-order valence-corrected chi connectivity index (χ0v) is 12.9. The molecule has 1 saturated heterocycles.